The number of ether oxygens (including phenoxy) is 1. The minimum Gasteiger partial charge on any atom is -0.406 e. The maximum Gasteiger partial charge on any atom is 0.573 e. The number of fused-ring (bicyclic) bond motifs is 1. The molecule has 1 aromatic rings. The van der Waals surface area contributed by atoms with Crippen LogP contribution in [0, 0.1) is 29.6 Å². The van der Waals surface area contributed by atoms with E-state index in [9.17, 15) is 13.2 Å². The van der Waals surface area contributed by atoms with Gasteiger partial charge in [-0.1, -0.05) is 64.0 Å². The fraction of sp³-hybridized carbons (Fsp3) is 0.800. The van der Waals surface area contributed by atoms with Gasteiger partial charge in [0, 0.05) is 0 Å². The number of alkyl halides is 3. The zero-order valence-electron chi connectivity index (χ0n) is 21.1. The van der Waals surface area contributed by atoms with E-state index in [0.717, 1.165) is 29.6 Å². The lowest BCUT2D eigenvalue weighted by Gasteiger charge is -2.45. The second kappa shape index (κ2) is 12.2. The second-order valence-electron chi connectivity index (χ2n) is 11.7. The largest absolute Gasteiger partial charge is 0.573 e. The van der Waals surface area contributed by atoms with Crippen LogP contribution < -0.4 is 4.74 Å². The summed E-state index contributed by atoms with van der Waals surface area (Å²) in [6.07, 6.45) is 17.7. The lowest BCUT2D eigenvalue weighted by molar-refractivity contribution is -0.274. The Labute approximate surface area is 205 Å². The van der Waals surface area contributed by atoms with Gasteiger partial charge in [0.05, 0.1) is 0 Å². The summed E-state index contributed by atoms with van der Waals surface area (Å²) in [5.41, 5.74) is 1.17. The quantitative estimate of drug-likeness (QED) is 0.321. The van der Waals surface area contributed by atoms with Crippen LogP contribution in [0.15, 0.2) is 24.3 Å². The number of hydrogen-bond donors (Lipinski definition) is 0. The molecule has 3 fully saturated rings. The maximum atomic E-state index is 12.4. The monoisotopic (exact) mass is 478 g/mol. The molecule has 4 heteroatoms. The minimum absolute atomic E-state index is 0.118. The lowest BCUT2D eigenvalue weighted by Crippen LogP contribution is -2.34. The third-order valence-electron chi connectivity index (χ3n) is 9.50. The molecule has 0 aliphatic heterocycles. The molecule has 4 rings (SSSR count). The van der Waals surface area contributed by atoms with Crippen LogP contribution in [0.4, 0.5) is 13.2 Å². The van der Waals surface area contributed by atoms with Crippen LogP contribution >= 0.6 is 0 Å². The van der Waals surface area contributed by atoms with Crippen molar-refractivity contribution in [2.75, 3.05) is 0 Å². The van der Waals surface area contributed by atoms with Gasteiger partial charge in [-0.05, 0) is 111 Å². The van der Waals surface area contributed by atoms with Gasteiger partial charge >= 0.3 is 6.36 Å². The van der Waals surface area contributed by atoms with Crippen molar-refractivity contribution in [3.63, 3.8) is 0 Å². The topological polar surface area (TPSA) is 9.23 Å². The Bertz CT molecular complexity index is 720. The minimum atomic E-state index is -4.62. The molecule has 0 aromatic heterocycles. The van der Waals surface area contributed by atoms with Gasteiger partial charge in [-0.15, -0.1) is 13.2 Å². The first-order chi connectivity index (χ1) is 16.4. The number of halogens is 3. The summed E-state index contributed by atoms with van der Waals surface area (Å²) in [7, 11) is 0. The average Bonchev–Trinajstić information content (AvgIpc) is 2.83. The number of hydrogen-bond acceptors (Lipinski definition) is 1. The fourth-order valence-electron chi connectivity index (χ4n) is 7.62. The van der Waals surface area contributed by atoms with Crippen LogP contribution in [0.2, 0.25) is 0 Å². The van der Waals surface area contributed by atoms with Gasteiger partial charge in [-0.25, -0.2) is 0 Å². The Morgan fingerprint density at radius 2 is 1.29 bits per heavy atom. The predicted molar refractivity (Wildman–Crippen MR) is 133 cm³/mol. The van der Waals surface area contributed by atoms with Gasteiger partial charge in [0.2, 0.25) is 0 Å². The molecule has 0 N–H and O–H groups in total. The van der Waals surface area contributed by atoms with Crippen molar-refractivity contribution in [3.8, 4) is 5.75 Å². The summed E-state index contributed by atoms with van der Waals surface area (Å²) in [6.45, 7) is 2.29. The van der Waals surface area contributed by atoms with Crippen molar-refractivity contribution in [2.45, 2.75) is 122 Å². The molecule has 3 aliphatic carbocycles. The van der Waals surface area contributed by atoms with E-state index in [1.165, 1.54) is 120 Å². The molecule has 0 bridgehead atoms. The van der Waals surface area contributed by atoms with E-state index < -0.39 is 6.36 Å². The van der Waals surface area contributed by atoms with Crippen molar-refractivity contribution < 1.29 is 17.9 Å². The Morgan fingerprint density at radius 3 is 1.97 bits per heavy atom. The molecular formula is C30H45F3O. The van der Waals surface area contributed by atoms with E-state index in [-0.39, 0.29) is 5.75 Å². The highest BCUT2D eigenvalue weighted by Crippen LogP contribution is 2.50. The molecule has 4 atom stereocenters. The number of unbranched alkanes of at least 4 members (excludes halogenated alkanes) is 4. The van der Waals surface area contributed by atoms with Gasteiger partial charge in [-0.2, -0.15) is 0 Å². The Morgan fingerprint density at radius 1 is 0.706 bits per heavy atom. The van der Waals surface area contributed by atoms with Crippen LogP contribution in [0.3, 0.4) is 0 Å². The molecule has 0 heterocycles. The van der Waals surface area contributed by atoms with Crippen LogP contribution in [0.1, 0.15) is 121 Å². The fourth-order valence-corrected chi connectivity index (χ4v) is 7.62. The molecule has 3 aliphatic rings. The van der Waals surface area contributed by atoms with E-state index in [0.29, 0.717) is 5.92 Å². The van der Waals surface area contributed by atoms with Gasteiger partial charge in [0.1, 0.15) is 5.75 Å². The highest BCUT2D eigenvalue weighted by atomic mass is 19.4. The van der Waals surface area contributed by atoms with E-state index in [1.54, 1.807) is 0 Å². The van der Waals surface area contributed by atoms with E-state index >= 15 is 0 Å². The van der Waals surface area contributed by atoms with Crippen molar-refractivity contribution in [1.82, 2.24) is 0 Å². The summed E-state index contributed by atoms with van der Waals surface area (Å²) in [5.74, 6) is 5.13. The molecule has 0 spiro atoms. The Hall–Kier alpha value is -1.19. The molecular weight excluding hydrogens is 433 g/mol. The molecule has 3 saturated carbocycles. The highest BCUT2D eigenvalue weighted by molar-refractivity contribution is 5.29. The zero-order valence-corrected chi connectivity index (χ0v) is 21.1. The van der Waals surface area contributed by atoms with Gasteiger partial charge in [-0.3, -0.25) is 0 Å². The SMILES string of the molecule is CCCCCCCC1CCC2CC(C3CCC(c4ccc(OC(F)(F)F)cc4)CC3)CCC2C1. The summed E-state index contributed by atoms with van der Waals surface area (Å²) in [5, 5.41) is 0. The molecule has 4 unspecified atom stereocenters. The summed E-state index contributed by atoms with van der Waals surface area (Å²) in [6, 6.07) is 6.61. The van der Waals surface area contributed by atoms with Gasteiger partial charge in [0.25, 0.3) is 0 Å². The standard InChI is InChI=1S/C30H45F3O/c1-2-3-4-5-6-7-22-8-9-28-21-27(15-14-26(28)20-22)25-12-10-23(11-13-25)24-16-18-29(19-17-24)34-30(31,32)33/h16-19,22-23,25-28H,2-15,20-21H2,1H3. The first-order valence-electron chi connectivity index (χ1n) is 14.3. The number of rotatable bonds is 9. The maximum absolute atomic E-state index is 12.4. The smallest absolute Gasteiger partial charge is 0.406 e. The summed E-state index contributed by atoms with van der Waals surface area (Å²) in [4.78, 5) is 0. The van der Waals surface area contributed by atoms with Gasteiger partial charge in [0.15, 0.2) is 0 Å². The predicted octanol–water partition coefficient (Wildman–Crippen LogP) is 10.1. The third-order valence-corrected chi connectivity index (χ3v) is 9.50. The van der Waals surface area contributed by atoms with Crippen LogP contribution in [0.25, 0.3) is 0 Å². The van der Waals surface area contributed by atoms with Crippen molar-refractivity contribution in [1.29, 1.82) is 0 Å². The molecule has 34 heavy (non-hydrogen) atoms. The molecule has 0 amide bonds. The van der Waals surface area contributed by atoms with Crippen molar-refractivity contribution in [3.05, 3.63) is 29.8 Å². The molecule has 0 radical (unpaired) electrons. The molecule has 192 valence electrons. The van der Waals surface area contributed by atoms with E-state index in [4.69, 9.17) is 0 Å². The van der Waals surface area contributed by atoms with Crippen LogP contribution in [-0.4, -0.2) is 6.36 Å². The average molecular weight is 479 g/mol. The van der Waals surface area contributed by atoms with E-state index in [2.05, 4.69) is 11.7 Å². The normalized spacial score (nSPS) is 32.2. The molecule has 1 aromatic carbocycles. The third kappa shape index (κ3) is 7.40. The van der Waals surface area contributed by atoms with Crippen LogP contribution in [-0.2, 0) is 0 Å². The first-order valence-corrected chi connectivity index (χ1v) is 14.3. The molecule has 1 nitrogen and oxygen atoms in total. The second-order valence-corrected chi connectivity index (χ2v) is 11.7. The number of benzene rings is 1. The molecule has 0 saturated heterocycles. The lowest BCUT2D eigenvalue weighted by atomic mass is 9.60. The Balaban J connectivity index is 1.18. The van der Waals surface area contributed by atoms with Crippen LogP contribution in [0.5, 0.6) is 5.75 Å². The first kappa shape index (κ1) is 25.9. The van der Waals surface area contributed by atoms with Gasteiger partial charge < -0.3 is 4.74 Å². The van der Waals surface area contributed by atoms with Crippen molar-refractivity contribution >= 4 is 0 Å². The summed E-state index contributed by atoms with van der Waals surface area (Å²) < 4.78 is 41.2. The highest BCUT2D eigenvalue weighted by Gasteiger charge is 2.38. The Kier molecular flexibility index (Phi) is 9.27. The zero-order chi connectivity index (χ0) is 24.0. The summed E-state index contributed by atoms with van der Waals surface area (Å²) >= 11 is 0. The van der Waals surface area contributed by atoms with Crippen molar-refractivity contribution in [2.24, 2.45) is 29.6 Å². The van der Waals surface area contributed by atoms with E-state index in [1.807, 2.05) is 12.1 Å².